The largest absolute Gasteiger partial charge is 0.433 e. The number of carbonyl (C=O) groups is 1. The second-order valence-corrected chi connectivity index (χ2v) is 4.24. The first-order valence-corrected chi connectivity index (χ1v) is 5.95. The lowest BCUT2D eigenvalue weighted by atomic mass is 10.2. The van der Waals surface area contributed by atoms with Crippen molar-refractivity contribution in [3.8, 4) is 5.75 Å². The van der Waals surface area contributed by atoms with Gasteiger partial charge in [0.25, 0.3) is 0 Å². The maximum atomic E-state index is 12.2. The maximum absolute atomic E-state index is 12.2. The standard InChI is InChI=1S/C12H10ClF2N3O2/c13-9-2-1-7(5-10(9)20-12(14)15)17-11(19)6-8-3-4-16-18-8/h1-5,12H,6H2,(H,16,18)(H,17,19). The van der Waals surface area contributed by atoms with Crippen LogP contribution >= 0.6 is 11.6 Å². The van der Waals surface area contributed by atoms with Gasteiger partial charge < -0.3 is 10.1 Å². The minimum absolute atomic E-state index is 0.0388. The van der Waals surface area contributed by atoms with Gasteiger partial charge in [0.15, 0.2) is 0 Å². The highest BCUT2D eigenvalue weighted by Crippen LogP contribution is 2.29. The number of carbonyl (C=O) groups excluding carboxylic acids is 1. The Balaban J connectivity index is 2.03. The number of anilines is 1. The topological polar surface area (TPSA) is 67.0 Å². The molecule has 0 fully saturated rings. The Bertz CT molecular complexity index is 590. The Kier molecular flexibility index (Phi) is 4.52. The molecule has 2 aromatic rings. The van der Waals surface area contributed by atoms with Crippen LogP contribution in [0, 0.1) is 0 Å². The summed E-state index contributed by atoms with van der Waals surface area (Å²) in [6.07, 6.45) is 1.62. The number of alkyl halides is 2. The highest BCUT2D eigenvalue weighted by atomic mass is 35.5. The van der Waals surface area contributed by atoms with Crippen LogP contribution in [0.5, 0.6) is 5.75 Å². The average molecular weight is 302 g/mol. The number of nitrogens with one attached hydrogen (secondary N) is 2. The number of aromatic nitrogens is 2. The number of nitrogens with zero attached hydrogens (tertiary/aromatic N) is 1. The molecule has 1 aromatic heterocycles. The molecule has 8 heteroatoms. The van der Waals surface area contributed by atoms with Crippen LogP contribution in [0.1, 0.15) is 5.69 Å². The van der Waals surface area contributed by atoms with Crippen molar-refractivity contribution in [3.63, 3.8) is 0 Å². The SMILES string of the molecule is O=C(Cc1ccn[nH]1)Nc1ccc(Cl)c(OC(F)F)c1. The van der Waals surface area contributed by atoms with E-state index in [-0.39, 0.29) is 23.1 Å². The fraction of sp³-hybridized carbons (Fsp3) is 0.167. The van der Waals surface area contributed by atoms with Crippen molar-refractivity contribution in [1.82, 2.24) is 10.2 Å². The van der Waals surface area contributed by atoms with Crippen molar-refractivity contribution in [3.05, 3.63) is 41.2 Å². The summed E-state index contributed by atoms with van der Waals surface area (Å²) in [4.78, 5) is 11.7. The van der Waals surface area contributed by atoms with Crippen LogP contribution in [0.4, 0.5) is 14.5 Å². The van der Waals surface area contributed by atoms with Gasteiger partial charge in [0.1, 0.15) is 5.75 Å². The summed E-state index contributed by atoms with van der Waals surface area (Å²) in [6.45, 7) is -2.98. The van der Waals surface area contributed by atoms with Crippen molar-refractivity contribution in [1.29, 1.82) is 0 Å². The van der Waals surface area contributed by atoms with Gasteiger partial charge in [-0.2, -0.15) is 13.9 Å². The first-order valence-electron chi connectivity index (χ1n) is 5.57. The van der Waals surface area contributed by atoms with Gasteiger partial charge in [0.05, 0.1) is 11.4 Å². The molecule has 0 aliphatic rings. The molecule has 0 saturated heterocycles. The molecule has 0 saturated carbocycles. The predicted octanol–water partition coefficient (Wildman–Crippen LogP) is 2.85. The van der Waals surface area contributed by atoms with E-state index in [0.717, 1.165) is 0 Å². The second-order valence-electron chi connectivity index (χ2n) is 3.83. The van der Waals surface area contributed by atoms with Gasteiger partial charge in [0, 0.05) is 23.6 Å². The molecular weight excluding hydrogens is 292 g/mol. The molecule has 1 heterocycles. The van der Waals surface area contributed by atoms with Gasteiger partial charge in [-0.25, -0.2) is 0 Å². The Labute approximate surface area is 117 Å². The highest BCUT2D eigenvalue weighted by Gasteiger charge is 2.11. The molecular formula is C12H10ClF2N3O2. The lowest BCUT2D eigenvalue weighted by molar-refractivity contribution is -0.115. The van der Waals surface area contributed by atoms with E-state index < -0.39 is 6.61 Å². The van der Waals surface area contributed by atoms with Gasteiger partial charge >= 0.3 is 6.61 Å². The van der Waals surface area contributed by atoms with Crippen LogP contribution in [0.15, 0.2) is 30.5 Å². The van der Waals surface area contributed by atoms with Crippen molar-refractivity contribution in [2.24, 2.45) is 0 Å². The molecule has 0 aliphatic heterocycles. The normalized spacial score (nSPS) is 10.6. The van der Waals surface area contributed by atoms with E-state index in [2.05, 4.69) is 20.3 Å². The summed E-state index contributed by atoms with van der Waals surface area (Å²) in [5.41, 5.74) is 0.954. The van der Waals surface area contributed by atoms with E-state index in [1.165, 1.54) is 24.4 Å². The fourth-order valence-corrected chi connectivity index (χ4v) is 1.69. The van der Waals surface area contributed by atoms with E-state index >= 15 is 0 Å². The van der Waals surface area contributed by atoms with E-state index in [1.807, 2.05) is 0 Å². The molecule has 0 radical (unpaired) electrons. The number of halogens is 3. The quantitative estimate of drug-likeness (QED) is 0.892. The molecule has 0 unspecified atom stereocenters. The number of amides is 1. The zero-order valence-electron chi connectivity index (χ0n) is 10.1. The van der Waals surface area contributed by atoms with Crippen LogP contribution in [0.25, 0.3) is 0 Å². The predicted molar refractivity (Wildman–Crippen MR) is 69.0 cm³/mol. The summed E-state index contributed by atoms with van der Waals surface area (Å²) in [6, 6.07) is 5.75. The smallest absolute Gasteiger partial charge is 0.387 e. The minimum Gasteiger partial charge on any atom is -0.433 e. The monoisotopic (exact) mass is 301 g/mol. The Morgan fingerprint density at radius 3 is 2.90 bits per heavy atom. The average Bonchev–Trinajstić information content (AvgIpc) is 2.85. The zero-order chi connectivity index (χ0) is 14.5. The summed E-state index contributed by atoms with van der Waals surface area (Å²) in [5, 5.41) is 8.95. The molecule has 1 amide bonds. The third kappa shape index (κ3) is 3.92. The first kappa shape index (κ1) is 14.3. The Hall–Kier alpha value is -2.15. The van der Waals surface area contributed by atoms with E-state index in [4.69, 9.17) is 11.6 Å². The molecule has 0 atom stereocenters. The molecule has 0 spiro atoms. The van der Waals surface area contributed by atoms with Crippen molar-refractivity contribution in [2.45, 2.75) is 13.0 Å². The van der Waals surface area contributed by atoms with Gasteiger partial charge in [-0.1, -0.05) is 11.6 Å². The lowest BCUT2D eigenvalue weighted by Crippen LogP contribution is -2.14. The van der Waals surface area contributed by atoms with Crippen LogP contribution in [0.2, 0.25) is 5.02 Å². The molecule has 0 bridgehead atoms. The lowest BCUT2D eigenvalue weighted by Gasteiger charge is -2.09. The van der Waals surface area contributed by atoms with Crippen LogP contribution in [-0.2, 0) is 11.2 Å². The van der Waals surface area contributed by atoms with Crippen molar-refractivity contribution < 1.29 is 18.3 Å². The third-order valence-electron chi connectivity index (χ3n) is 2.34. The molecule has 2 N–H and O–H groups in total. The number of hydrogen-bond acceptors (Lipinski definition) is 3. The second kappa shape index (κ2) is 6.33. The molecule has 5 nitrogen and oxygen atoms in total. The molecule has 2 rings (SSSR count). The maximum Gasteiger partial charge on any atom is 0.387 e. The summed E-state index contributed by atoms with van der Waals surface area (Å²) in [5.74, 6) is -0.513. The molecule has 0 aliphatic carbocycles. The fourth-order valence-electron chi connectivity index (χ4n) is 1.53. The third-order valence-corrected chi connectivity index (χ3v) is 2.65. The van der Waals surface area contributed by atoms with E-state index in [1.54, 1.807) is 6.07 Å². The molecule has 1 aromatic carbocycles. The van der Waals surface area contributed by atoms with E-state index in [9.17, 15) is 13.6 Å². The number of hydrogen-bond donors (Lipinski definition) is 2. The molecule has 20 heavy (non-hydrogen) atoms. The Morgan fingerprint density at radius 1 is 1.45 bits per heavy atom. The van der Waals surface area contributed by atoms with E-state index in [0.29, 0.717) is 11.4 Å². The summed E-state index contributed by atoms with van der Waals surface area (Å²) in [7, 11) is 0. The Morgan fingerprint density at radius 2 is 2.25 bits per heavy atom. The van der Waals surface area contributed by atoms with Crippen LogP contribution in [-0.4, -0.2) is 22.7 Å². The number of ether oxygens (including phenoxy) is 1. The van der Waals surface area contributed by atoms with Crippen LogP contribution in [0.3, 0.4) is 0 Å². The number of aromatic amines is 1. The number of H-pyrrole nitrogens is 1. The highest BCUT2D eigenvalue weighted by molar-refractivity contribution is 6.32. The molecule has 106 valence electrons. The van der Waals surface area contributed by atoms with Gasteiger partial charge in [0.2, 0.25) is 5.91 Å². The van der Waals surface area contributed by atoms with Gasteiger partial charge in [-0.3, -0.25) is 9.89 Å². The van der Waals surface area contributed by atoms with Crippen molar-refractivity contribution >= 4 is 23.2 Å². The van der Waals surface area contributed by atoms with Gasteiger partial charge in [-0.05, 0) is 18.2 Å². The zero-order valence-corrected chi connectivity index (χ0v) is 10.8. The van der Waals surface area contributed by atoms with Gasteiger partial charge in [-0.15, -0.1) is 0 Å². The number of benzene rings is 1. The summed E-state index contributed by atoms with van der Waals surface area (Å²) < 4.78 is 28.6. The number of rotatable bonds is 5. The summed E-state index contributed by atoms with van der Waals surface area (Å²) >= 11 is 5.71. The van der Waals surface area contributed by atoms with Crippen LogP contribution < -0.4 is 10.1 Å². The minimum atomic E-state index is -2.98. The first-order chi connectivity index (χ1) is 9.54. The van der Waals surface area contributed by atoms with Crippen molar-refractivity contribution in [2.75, 3.05) is 5.32 Å².